The molecule has 0 saturated carbocycles. The first kappa shape index (κ1) is 23.4. The van der Waals surface area contributed by atoms with E-state index >= 15 is 0 Å². The van der Waals surface area contributed by atoms with E-state index in [4.69, 9.17) is 14.5 Å². The van der Waals surface area contributed by atoms with Gasteiger partial charge in [0.25, 0.3) is 5.91 Å². The fraction of sp³-hybridized carbons (Fsp3) is 0.0690. The van der Waals surface area contributed by atoms with Crippen molar-refractivity contribution >= 4 is 34.9 Å². The van der Waals surface area contributed by atoms with Gasteiger partial charge in [-0.2, -0.15) is 0 Å². The second-order valence-electron chi connectivity index (χ2n) is 8.16. The molecule has 7 heteroatoms. The maximum Gasteiger partial charge on any atom is 0.335 e. The Morgan fingerprint density at radius 1 is 0.889 bits per heavy atom. The number of carbonyl (C=O) groups excluding carboxylic acids is 1. The number of hydrogen-bond acceptors (Lipinski definition) is 5. The molecule has 1 aromatic heterocycles. The summed E-state index contributed by atoms with van der Waals surface area (Å²) in [6, 6.07) is 29.8. The summed E-state index contributed by atoms with van der Waals surface area (Å²) in [5.74, 6) is 0.0212. The zero-order chi connectivity index (χ0) is 24.9. The lowest BCUT2D eigenvalue weighted by Crippen LogP contribution is -2.28. The summed E-state index contributed by atoms with van der Waals surface area (Å²) in [6.45, 7) is 0.906. The van der Waals surface area contributed by atoms with Crippen LogP contribution >= 0.6 is 11.8 Å². The third-order valence-electron chi connectivity index (χ3n) is 5.63. The molecular weight excluding hydrogens is 472 g/mol. The zero-order valence-corrected chi connectivity index (χ0v) is 20.0. The number of aromatic carboxylic acids is 1. The molecule has 0 aliphatic carbocycles. The summed E-state index contributed by atoms with van der Waals surface area (Å²) < 4.78 is 5.95. The predicted molar refractivity (Wildman–Crippen MR) is 141 cm³/mol. The summed E-state index contributed by atoms with van der Waals surface area (Å²) in [5, 5.41) is 9.74. The molecule has 0 atom stereocenters. The number of carbonyl (C=O) groups is 2. The van der Waals surface area contributed by atoms with Crippen LogP contribution in [0.15, 0.2) is 111 Å². The minimum atomic E-state index is -0.979. The van der Waals surface area contributed by atoms with E-state index in [0.717, 1.165) is 16.7 Å². The molecule has 0 radical (unpaired) electrons. The fourth-order valence-electron chi connectivity index (χ4n) is 3.77. The molecule has 6 nitrogen and oxygen atoms in total. The van der Waals surface area contributed by atoms with Gasteiger partial charge in [0.15, 0.2) is 5.17 Å². The standard InChI is InChI=1S/C29H22N2O4S/c32-27-26(17-24-15-16-25(35-24)22-11-13-23(14-12-22)28(33)34)36-29(30-18-20-7-3-1-4-8-20)31(27)19-21-9-5-2-6-10-21/h1-17H,18-19H2,(H,33,34). The second-order valence-corrected chi connectivity index (χ2v) is 9.17. The van der Waals surface area contributed by atoms with E-state index in [2.05, 4.69) is 0 Å². The lowest BCUT2D eigenvalue weighted by molar-refractivity contribution is -0.122. The molecule has 0 spiro atoms. The molecule has 1 aliphatic heterocycles. The van der Waals surface area contributed by atoms with Crippen molar-refractivity contribution in [2.45, 2.75) is 13.1 Å². The van der Waals surface area contributed by atoms with Gasteiger partial charge in [-0.15, -0.1) is 0 Å². The number of amides is 1. The van der Waals surface area contributed by atoms with Gasteiger partial charge in [-0.3, -0.25) is 14.7 Å². The van der Waals surface area contributed by atoms with Crippen molar-refractivity contribution in [1.29, 1.82) is 0 Å². The molecule has 1 fully saturated rings. The van der Waals surface area contributed by atoms with Crippen LogP contribution in [-0.4, -0.2) is 27.1 Å². The van der Waals surface area contributed by atoms with Crippen molar-refractivity contribution in [1.82, 2.24) is 4.90 Å². The van der Waals surface area contributed by atoms with Crippen molar-refractivity contribution in [2.24, 2.45) is 4.99 Å². The van der Waals surface area contributed by atoms with Crippen LogP contribution in [0.25, 0.3) is 17.4 Å². The van der Waals surface area contributed by atoms with E-state index in [9.17, 15) is 9.59 Å². The van der Waals surface area contributed by atoms with Gasteiger partial charge in [0.2, 0.25) is 0 Å². The number of carboxylic acid groups (broad SMARTS) is 1. The number of rotatable bonds is 7. The molecule has 1 saturated heterocycles. The molecule has 1 N–H and O–H groups in total. The number of furan rings is 1. The minimum Gasteiger partial charge on any atom is -0.478 e. The van der Waals surface area contributed by atoms with E-state index in [-0.39, 0.29) is 11.5 Å². The largest absolute Gasteiger partial charge is 0.478 e. The third kappa shape index (κ3) is 5.31. The molecule has 178 valence electrons. The van der Waals surface area contributed by atoms with Crippen LogP contribution in [0.2, 0.25) is 0 Å². The first-order chi connectivity index (χ1) is 17.6. The number of amidine groups is 1. The van der Waals surface area contributed by atoms with Gasteiger partial charge in [-0.1, -0.05) is 72.8 Å². The quantitative estimate of drug-likeness (QED) is 0.304. The molecule has 5 rings (SSSR count). The molecule has 3 aromatic carbocycles. The number of carboxylic acids is 1. The highest BCUT2D eigenvalue weighted by molar-refractivity contribution is 8.18. The Kier molecular flexibility index (Phi) is 6.82. The van der Waals surface area contributed by atoms with Crippen LogP contribution in [0.5, 0.6) is 0 Å². The normalized spacial score (nSPS) is 15.7. The van der Waals surface area contributed by atoms with Crippen molar-refractivity contribution in [3.8, 4) is 11.3 Å². The van der Waals surface area contributed by atoms with Gasteiger partial charge in [-0.25, -0.2) is 4.79 Å². The Morgan fingerprint density at radius 3 is 2.22 bits per heavy atom. The lowest BCUT2D eigenvalue weighted by Gasteiger charge is -2.15. The Hall–Kier alpha value is -4.36. The van der Waals surface area contributed by atoms with E-state index in [1.54, 1.807) is 35.2 Å². The Labute approximate surface area is 212 Å². The summed E-state index contributed by atoms with van der Waals surface area (Å²) in [5.41, 5.74) is 3.05. The molecule has 0 unspecified atom stereocenters. The minimum absolute atomic E-state index is 0.126. The fourth-order valence-corrected chi connectivity index (χ4v) is 4.72. The van der Waals surface area contributed by atoms with Crippen molar-refractivity contribution in [3.63, 3.8) is 0 Å². The van der Waals surface area contributed by atoms with Gasteiger partial charge in [0.1, 0.15) is 11.5 Å². The highest BCUT2D eigenvalue weighted by atomic mass is 32.2. The molecule has 4 aromatic rings. The Balaban J connectivity index is 1.40. The lowest BCUT2D eigenvalue weighted by atomic mass is 10.1. The van der Waals surface area contributed by atoms with Gasteiger partial charge in [0.05, 0.1) is 23.6 Å². The SMILES string of the molecule is O=C(O)c1ccc(-c2ccc(C=C3SC(=NCc4ccccc4)N(Cc4ccccc4)C3=O)o2)cc1. The molecule has 2 heterocycles. The maximum absolute atomic E-state index is 13.4. The topological polar surface area (TPSA) is 83.1 Å². The van der Waals surface area contributed by atoms with Crippen LogP contribution in [0.1, 0.15) is 27.2 Å². The summed E-state index contributed by atoms with van der Waals surface area (Å²) in [6.07, 6.45) is 1.73. The highest BCUT2D eigenvalue weighted by Crippen LogP contribution is 2.35. The molecule has 1 aliphatic rings. The average molecular weight is 495 g/mol. The van der Waals surface area contributed by atoms with Gasteiger partial charge >= 0.3 is 5.97 Å². The number of hydrogen-bond donors (Lipinski definition) is 1. The summed E-state index contributed by atoms with van der Waals surface area (Å²) >= 11 is 1.33. The number of benzene rings is 3. The van der Waals surface area contributed by atoms with E-state index in [1.165, 1.54) is 23.9 Å². The van der Waals surface area contributed by atoms with Crippen LogP contribution < -0.4 is 0 Å². The van der Waals surface area contributed by atoms with Gasteiger partial charge < -0.3 is 9.52 Å². The van der Waals surface area contributed by atoms with Crippen molar-refractivity contribution < 1.29 is 19.1 Å². The smallest absolute Gasteiger partial charge is 0.335 e. The van der Waals surface area contributed by atoms with Gasteiger partial charge in [0, 0.05) is 11.6 Å². The highest BCUT2D eigenvalue weighted by Gasteiger charge is 2.33. The maximum atomic E-state index is 13.4. The van der Waals surface area contributed by atoms with E-state index < -0.39 is 5.97 Å². The molecule has 36 heavy (non-hydrogen) atoms. The van der Waals surface area contributed by atoms with Crippen LogP contribution in [0.4, 0.5) is 0 Å². The van der Waals surface area contributed by atoms with E-state index in [0.29, 0.717) is 34.7 Å². The van der Waals surface area contributed by atoms with E-state index in [1.807, 2.05) is 60.7 Å². The number of thioether (sulfide) groups is 1. The zero-order valence-electron chi connectivity index (χ0n) is 19.2. The summed E-state index contributed by atoms with van der Waals surface area (Å²) in [4.78, 5) is 31.4. The van der Waals surface area contributed by atoms with Crippen LogP contribution in [-0.2, 0) is 17.9 Å². The molecule has 0 bridgehead atoms. The second kappa shape index (κ2) is 10.5. The average Bonchev–Trinajstić information content (AvgIpc) is 3.49. The molecule has 1 amide bonds. The Bertz CT molecular complexity index is 1440. The monoisotopic (exact) mass is 494 g/mol. The van der Waals surface area contributed by atoms with Crippen molar-refractivity contribution in [2.75, 3.05) is 0 Å². The molecular formula is C29H22N2O4S. The first-order valence-electron chi connectivity index (χ1n) is 11.3. The Morgan fingerprint density at radius 2 is 1.56 bits per heavy atom. The van der Waals surface area contributed by atoms with Crippen molar-refractivity contribution in [3.05, 3.63) is 124 Å². The number of aliphatic imine (C=N–C) groups is 1. The third-order valence-corrected chi connectivity index (χ3v) is 6.67. The first-order valence-corrected chi connectivity index (χ1v) is 12.2. The van der Waals surface area contributed by atoms with Crippen LogP contribution in [0, 0.1) is 0 Å². The number of nitrogens with zero attached hydrogens (tertiary/aromatic N) is 2. The predicted octanol–water partition coefficient (Wildman–Crippen LogP) is 6.32. The van der Waals surface area contributed by atoms with Gasteiger partial charge in [-0.05, 0) is 47.2 Å². The summed E-state index contributed by atoms with van der Waals surface area (Å²) in [7, 11) is 0. The van der Waals surface area contributed by atoms with Crippen LogP contribution in [0.3, 0.4) is 0 Å².